The van der Waals surface area contributed by atoms with Crippen molar-refractivity contribution in [3.63, 3.8) is 0 Å². The molecule has 0 radical (unpaired) electrons. The highest BCUT2D eigenvalue weighted by Crippen LogP contribution is 2.24. The molecule has 0 saturated carbocycles. The Labute approximate surface area is 114 Å². The van der Waals surface area contributed by atoms with Crippen LogP contribution in [-0.2, 0) is 4.74 Å². The van der Waals surface area contributed by atoms with Crippen LogP contribution in [0.2, 0.25) is 0 Å². The summed E-state index contributed by atoms with van der Waals surface area (Å²) in [6.45, 7) is 4.81. The molecule has 2 heterocycles. The summed E-state index contributed by atoms with van der Waals surface area (Å²) in [7, 11) is 1.99. The summed E-state index contributed by atoms with van der Waals surface area (Å²) in [6.07, 6.45) is 5.02. The molecule has 19 heavy (non-hydrogen) atoms. The van der Waals surface area contributed by atoms with Gasteiger partial charge in [-0.2, -0.15) is 0 Å². The second-order valence-corrected chi connectivity index (χ2v) is 5.15. The summed E-state index contributed by atoms with van der Waals surface area (Å²) in [5.74, 6) is 0. The summed E-state index contributed by atoms with van der Waals surface area (Å²) in [6, 6.07) is 2.05. The molecule has 1 aromatic rings. The Morgan fingerprint density at radius 2 is 2.16 bits per heavy atom. The van der Waals surface area contributed by atoms with Crippen LogP contribution in [0.3, 0.4) is 0 Å². The van der Waals surface area contributed by atoms with E-state index in [9.17, 15) is 5.11 Å². The van der Waals surface area contributed by atoms with Gasteiger partial charge in [0.25, 0.3) is 0 Å². The van der Waals surface area contributed by atoms with Gasteiger partial charge in [0.1, 0.15) is 0 Å². The normalized spacial score (nSPS) is 18.1. The zero-order chi connectivity index (χ0) is 13.7. The number of rotatable bonds is 5. The average Bonchev–Trinajstić information content (AvgIpc) is 2.40. The minimum atomic E-state index is -0.652. The first-order valence-corrected chi connectivity index (χ1v) is 6.83. The van der Waals surface area contributed by atoms with Crippen molar-refractivity contribution in [3.05, 3.63) is 18.5 Å². The summed E-state index contributed by atoms with van der Waals surface area (Å²) in [5.41, 5.74) is 1.37. The average molecular weight is 265 g/mol. The maximum absolute atomic E-state index is 10.5. The lowest BCUT2D eigenvalue weighted by Crippen LogP contribution is -2.45. The highest BCUT2D eigenvalue weighted by molar-refractivity contribution is 5.55. The molecular formula is C14H23N3O2. The molecule has 1 aromatic heterocycles. The van der Waals surface area contributed by atoms with Gasteiger partial charge in [0.15, 0.2) is 0 Å². The van der Waals surface area contributed by atoms with Gasteiger partial charge in [0.2, 0.25) is 0 Å². The summed E-state index contributed by atoms with van der Waals surface area (Å²) >= 11 is 0. The number of hydrogen-bond donors (Lipinski definition) is 2. The Bertz CT molecular complexity index is 405. The largest absolute Gasteiger partial charge is 0.388 e. The fourth-order valence-corrected chi connectivity index (χ4v) is 2.38. The van der Waals surface area contributed by atoms with Crippen LogP contribution in [0.25, 0.3) is 0 Å². The van der Waals surface area contributed by atoms with Crippen molar-refractivity contribution in [1.82, 2.24) is 4.98 Å². The zero-order valence-corrected chi connectivity index (χ0v) is 11.7. The van der Waals surface area contributed by atoms with E-state index in [0.717, 1.165) is 17.9 Å². The third-order valence-electron chi connectivity index (χ3n) is 3.50. The van der Waals surface area contributed by atoms with Crippen molar-refractivity contribution in [1.29, 1.82) is 0 Å². The van der Waals surface area contributed by atoms with Crippen LogP contribution in [0.5, 0.6) is 0 Å². The van der Waals surface area contributed by atoms with E-state index < -0.39 is 5.60 Å². The molecule has 0 aromatic carbocycles. The molecule has 0 aliphatic carbocycles. The minimum Gasteiger partial charge on any atom is -0.388 e. The molecular weight excluding hydrogens is 242 g/mol. The molecule has 106 valence electrons. The number of aromatic nitrogens is 1. The predicted octanol–water partition coefficient (Wildman–Crippen LogP) is 1.49. The number of ether oxygens (including phenoxy) is 1. The maximum Gasteiger partial charge on any atom is 0.0865 e. The molecule has 0 spiro atoms. The Hall–Kier alpha value is -1.33. The van der Waals surface area contributed by atoms with Crippen molar-refractivity contribution in [2.75, 3.05) is 43.6 Å². The van der Waals surface area contributed by atoms with Crippen molar-refractivity contribution < 1.29 is 9.84 Å². The molecule has 1 saturated heterocycles. The van der Waals surface area contributed by atoms with E-state index in [4.69, 9.17) is 4.74 Å². The lowest BCUT2D eigenvalue weighted by atomic mass is 9.94. The first-order valence-electron chi connectivity index (χ1n) is 6.83. The summed E-state index contributed by atoms with van der Waals surface area (Å²) in [4.78, 5) is 6.28. The Morgan fingerprint density at radius 1 is 1.42 bits per heavy atom. The van der Waals surface area contributed by atoms with Gasteiger partial charge in [-0.15, -0.1) is 0 Å². The van der Waals surface area contributed by atoms with Crippen LogP contribution in [-0.4, -0.2) is 49.0 Å². The van der Waals surface area contributed by atoms with Gasteiger partial charge >= 0.3 is 0 Å². The van der Waals surface area contributed by atoms with E-state index in [2.05, 4.69) is 28.2 Å². The standard InChI is InChI=1S/C14H23N3O2/c1-3-16-12-8-13(10-15-9-12)17(2)11-14(18)4-6-19-7-5-14/h8-10,16,18H,3-7,11H2,1-2H3. The first kappa shape index (κ1) is 14.1. The summed E-state index contributed by atoms with van der Waals surface area (Å²) in [5, 5.41) is 13.8. The van der Waals surface area contributed by atoms with E-state index in [-0.39, 0.29) is 0 Å². The van der Waals surface area contributed by atoms with Gasteiger partial charge < -0.3 is 20.1 Å². The molecule has 1 fully saturated rings. The molecule has 1 aliphatic rings. The lowest BCUT2D eigenvalue weighted by molar-refractivity contribution is -0.0572. The molecule has 2 N–H and O–H groups in total. The number of likely N-dealkylation sites (N-methyl/N-ethyl adjacent to an activating group) is 1. The topological polar surface area (TPSA) is 57.6 Å². The lowest BCUT2D eigenvalue weighted by Gasteiger charge is -2.36. The maximum atomic E-state index is 10.5. The first-order chi connectivity index (χ1) is 9.13. The fraction of sp³-hybridized carbons (Fsp3) is 0.643. The van der Waals surface area contributed by atoms with Crippen LogP contribution in [0.1, 0.15) is 19.8 Å². The zero-order valence-electron chi connectivity index (χ0n) is 11.7. The molecule has 5 heteroatoms. The highest BCUT2D eigenvalue weighted by atomic mass is 16.5. The second kappa shape index (κ2) is 6.21. The van der Waals surface area contributed by atoms with Crippen LogP contribution in [0.4, 0.5) is 11.4 Å². The highest BCUT2D eigenvalue weighted by Gasteiger charge is 2.31. The second-order valence-electron chi connectivity index (χ2n) is 5.15. The third kappa shape index (κ3) is 3.81. The van der Waals surface area contributed by atoms with Gasteiger partial charge in [-0.3, -0.25) is 4.98 Å². The van der Waals surface area contributed by atoms with E-state index in [1.54, 1.807) is 0 Å². The van der Waals surface area contributed by atoms with Gasteiger partial charge in [0.05, 0.1) is 29.4 Å². The van der Waals surface area contributed by atoms with Crippen LogP contribution >= 0.6 is 0 Å². The Balaban J connectivity index is 2.02. The van der Waals surface area contributed by atoms with E-state index >= 15 is 0 Å². The molecule has 1 aliphatic heterocycles. The van der Waals surface area contributed by atoms with Crippen molar-refractivity contribution in [2.45, 2.75) is 25.4 Å². The van der Waals surface area contributed by atoms with E-state index in [0.29, 0.717) is 32.6 Å². The van der Waals surface area contributed by atoms with Gasteiger partial charge in [0, 0.05) is 46.2 Å². The fourth-order valence-electron chi connectivity index (χ4n) is 2.38. The number of anilines is 2. The molecule has 0 amide bonds. The number of nitrogens with zero attached hydrogens (tertiary/aromatic N) is 2. The van der Waals surface area contributed by atoms with E-state index in [1.807, 2.05) is 19.4 Å². The van der Waals surface area contributed by atoms with Crippen molar-refractivity contribution in [3.8, 4) is 0 Å². The Kier molecular flexibility index (Phi) is 4.61. The SMILES string of the molecule is CCNc1cncc(N(C)CC2(O)CCOCC2)c1. The Morgan fingerprint density at radius 3 is 2.84 bits per heavy atom. The van der Waals surface area contributed by atoms with Gasteiger partial charge in [-0.05, 0) is 13.0 Å². The van der Waals surface area contributed by atoms with Gasteiger partial charge in [-0.1, -0.05) is 0 Å². The number of aliphatic hydroxyl groups is 1. The molecule has 0 bridgehead atoms. The summed E-state index contributed by atoms with van der Waals surface area (Å²) < 4.78 is 5.30. The van der Waals surface area contributed by atoms with Gasteiger partial charge in [-0.25, -0.2) is 0 Å². The van der Waals surface area contributed by atoms with Crippen LogP contribution in [0.15, 0.2) is 18.5 Å². The van der Waals surface area contributed by atoms with E-state index in [1.165, 1.54) is 0 Å². The third-order valence-corrected chi connectivity index (χ3v) is 3.50. The van der Waals surface area contributed by atoms with Crippen LogP contribution < -0.4 is 10.2 Å². The molecule has 5 nitrogen and oxygen atoms in total. The quantitative estimate of drug-likeness (QED) is 0.845. The molecule has 2 rings (SSSR count). The molecule has 0 atom stereocenters. The van der Waals surface area contributed by atoms with Crippen molar-refractivity contribution in [2.24, 2.45) is 0 Å². The predicted molar refractivity (Wildman–Crippen MR) is 76.7 cm³/mol. The monoisotopic (exact) mass is 265 g/mol. The van der Waals surface area contributed by atoms with Crippen molar-refractivity contribution >= 4 is 11.4 Å². The number of pyridine rings is 1. The minimum absolute atomic E-state index is 0.605. The number of nitrogens with one attached hydrogen (secondary N) is 1. The number of hydrogen-bond acceptors (Lipinski definition) is 5. The van der Waals surface area contributed by atoms with Crippen LogP contribution in [0, 0.1) is 0 Å². The smallest absolute Gasteiger partial charge is 0.0865 e. The molecule has 0 unspecified atom stereocenters.